The number of aromatic nitrogens is 2. The summed E-state index contributed by atoms with van der Waals surface area (Å²) in [4.78, 5) is 11.3. The zero-order chi connectivity index (χ0) is 20.8. The van der Waals surface area contributed by atoms with Gasteiger partial charge < -0.3 is 21.7 Å². The first-order chi connectivity index (χ1) is 13.8. The van der Waals surface area contributed by atoms with Crippen LogP contribution in [0.2, 0.25) is 0 Å². The highest BCUT2D eigenvalue weighted by Crippen LogP contribution is 2.43. The second-order valence-corrected chi connectivity index (χ2v) is 7.72. The number of hydrogen-bond donors (Lipinski definition) is 3. The van der Waals surface area contributed by atoms with Gasteiger partial charge in [0.1, 0.15) is 5.82 Å². The van der Waals surface area contributed by atoms with Gasteiger partial charge in [0.15, 0.2) is 5.82 Å². The summed E-state index contributed by atoms with van der Waals surface area (Å²) >= 11 is 0. The van der Waals surface area contributed by atoms with Crippen LogP contribution in [0, 0.1) is 0 Å². The molecule has 1 aromatic heterocycles. The molecule has 1 saturated heterocycles. The molecule has 0 spiro atoms. The largest absolute Gasteiger partial charge is 0.419 e. The van der Waals surface area contributed by atoms with Crippen LogP contribution in [-0.2, 0) is 19.0 Å². The number of anilines is 3. The van der Waals surface area contributed by atoms with Gasteiger partial charge in [-0.3, -0.25) is 0 Å². The Morgan fingerprint density at radius 3 is 2.52 bits per heavy atom. The number of halogens is 3. The molecular weight excluding hydrogens is 381 g/mol. The summed E-state index contributed by atoms with van der Waals surface area (Å²) in [6, 6.07) is 2.89. The maximum Gasteiger partial charge on any atom is 0.419 e. The van der Waals surface area contributed by atoms with E-state index in [1.807, 2.05) is 7.05 Å². The number of benzene rings is 1. The quantitative estimate of drug-likeness (QED) is 0.679. The monoisotopic (exact) mass is 406 g/mol. The Labute approximate surface area is 167 Å². The van der Waals surface area contributed by atoms with Crippen molar-refractivity contribution in [2.45, 2.75) is 44.3 Å². The van der Waals surface area contributed by atoms with Crippen molar-refractivity contribution in [2.75, 3.05) is 36.5 Å². The highest BCUT2D eigenvalue weighted by atomic mass is 19.4. The number of rotatable bonds is 3. The Morgan fingerprint density at radius 1 is 1.10 bits per heavy atom. The molecule has 0 saturated carbocycles. The summed E-state index contributed by atoms with van der Waals surface area (Å²) in [5.41, 5.74) is 12.0. The lowest BCUT2D eigenvalue weighted by Gasteiger charge is -2.26. The van der Waals surface area contributed by atoms with E-state index in [9.17, 15) is 13.2 Å². The first-order valence-electron chi connectivity index (χ1n) is 9.87. The van der Waals surface area contributed by atoms with Crippen molar-refractivity contribution in [2.24, 2.45) is 0 Å². The topological polar surface area (TPSA) is 93.1 Å². The molecule has 2 aromatic rings. The maximum atomic E-state index is 13.8. The zero-order valence-electron chi connectivity index (χ0n) is 16.3. The average molecular weight is 406 g/mol. The van der Waals surface area contributed by atoms with Crippen LogP contribution in [0.15, 0.2) is 12.1 Å². The summed E-state index contributed by atoms with van der Waals surface area (Å²) in [5, 5.41) is 3.27. The van der Waals surface area contributed by atoms with Gasteiger partial charge in [-0.05, 0) is 51.3 Å². The fraction of sp³-hybridized carbons (Fsp3) is 0.500. The molecule has 4 rings (SSSR count). The van der Waals surface area contributed by atoms with E-state index in [4.69, 9.17) is 11.5 Å². The summed E-state index contributed by atoms with van der Waals surface area (Å²) in [6.07, 6.45) is -0.145. The van der Waals surface area contributed by atoms with E-state index in [-0.39, 0.29) is 22.8 Å². The Kier molecular flexibility index (Phi) is 5.02. The maximum absolute atomic E-state index is 13.8. The van der Waals surface area contributed by atoms with Crippen LogP contribution < -0.4 is 21.7 Å². The summed E-state index contributed by atoms with van der Waals surface area (Å²) in [6.45, 7) is 1.56. The third-order valence-corrected chi connectivity index (χ3v) is 5.83. The zero-order valence-corrected chi connectivity index (χ0v) is 16.3. The lowest BCUT2D eigenvalue weighted by Crippen LogP contribution is -2.31. The van der Waals surface area contributed by atoms with Gasteiger partial charge in [-0.25, -0.2) is 9.97 Å². The molecule has 1 aliphatic carbocycles. The molecule has 156 valence electrons. The predicted octanol–water partition coefficient (Wildman–Crippen LogP) is 3.00. The first-order valence-corrected chi connectivity index (χ1v) is 9.87. The number of aryl methyl sites for hydroxylation is 1. The molecular formula is C20H25F3N6. The molecule has 9 heteroatoms. The highest BCUT2D eigenvalue weighted by molar-refractivity contribution is 5.81. The van der Waals surface area contributed by atoms with E-state index in [2.05, 4.69) is 20.2 Å². The van der Waals surface area contributed by atoms with Crippen LogP contribution in [0.25, 0.3) is 11.4 Å². The minimum absolute atomic E-state index is 0.00526. The van der Waals surface area contributed by atoms with Gasteiger partial charge in [0.05, 0.1) is 11.1 Å². The van der Waals surface area contributed by atoms with Crippen LogP contribution in [0.3, 0.4) is 0 Å². The predicted molar refractivity (Wildman–Crippen MR) is 108 cm³/mol. The molecule has 1 atom stereocenters. The number of nitrogens with two attached hydrogens (primary N) is 2. The van der Waals surface area contributed by atoms with Crippen molar-refractivity contribution < 1.29 is 13.2 Å². The molecule has 0 radical (unpaired) electrons. The molecule has 2 aliphatic rings. The van der Waals surface area contributed by atoms with E-state index < -0.39 is 11.7 Å². The molecule has 0 amide bonds. The molecule has 29 heavy (non-hydrogen) atoms. The second kappa shape index (κ2) is 7.37. The van der Waals surface area contributed by atoms with Crippen molar-refractivity contribution in [1.29, 1.82) is 0 Å². The van der Waals surface area contributed by atoms with E-state index >= 15 is 0 Å². The third-order valence-electron chi connectivity index (χ3n) is 5.83. The second-order valence-electron chi connectivity index (χ2n) is 7.72. The summed E-state index contributed by atoms with van der Waals surface area (Å²) in [7, 11) is 1.91. The molecule has 2 heterocycles. The van der Waals surface area contributed by atoms with E-state index in [0.717, 1.165) is 62.3 Å². The molecule has 5 N–H and O–H groups in total. The lowest BCUT2D eigenvalue weighted by molar-refractivity contribution is -0.136. The van der Waals surface area contributed by atoms with Gasteiger partial charge in [0.25, 0.3) is 0 Å². The van der Waals surface area contributed by atoms with Crippen molar-refractivity contribution >= 4 is 17.2 Å². The highest BCUT2D eigenvalue weighted by Gasteiger charge is 2.38. The van der Waals surface area contributed by atoms with Crippen LogP contribution in [0.1, 0.15) is 36.1 Å². The number of nitrogen functional groups attached to an aromatic ring is 2. The molecule has 1 unspecified atom stereocenters. The minimum atomic E-state index is -4.65. The summed E-state index contributed by atoms with van der Waals surface area (Å²) < 4.78 is 41.4. The van der Waals surface area contributed by atoms with E-state index in [0.29, 0.717) is 6.04 Å². The standard InChI is InChI=1S/C20H25F3N6/c1-26-11-8-9-29(10-11)19-12-4-2-3-5-15(12)27-18(28-19)16-13(24)6-7-14(25)17(16)20(21,22)23/h6-7,11,26H,2-5,8-10,24-25H2,1H3. The Balaban J connectivity index is 1.91. The minimum Gasteiger partial charge on any atom is -0.398 e. The molecule has 1 aromatic carbocycles. The normalized spacial score (nSPS) is 19.4. The van der Waals surface area contributed by atoms with Gasteiger partial charge in [-0.15, -0.1) is 0 Å². The van der Waals surface area contributed by atoms with E-state index in [1.54, 1.807) is 0 Å². The number of likely N-dealkylation sites (N-methyl/N-ethyl adjacent to an activating group) is 1. The lowest BCUT2D eigenvalue weighted by atomic mass is 9.95. The Bertz CT molecular complexity index is 927. The van der Waals surface area contributed by atoms with Gasteiger partial charge in [-0.2, -0.15) is 13.2 Å². The number of nitrogens with one attached hydrogen (secondary N) is 1. The number of alkyl halides is 3. The number of fused-ring (bicyclic) bond motifs is 1. The molecule has 6 nitrogen and oxygen atoms in total. The SMILES string of the molecule is CNC1CCN(c2nc(-c3c(N)ccc(N)c3C(F)(F)F)nc3c2CCCC3)C1. The number of nitrogens with zero attached hydrogens (tertiary/aromatic N) is 3. The van der Waals surface area contributed by atoms with Crippen LogP contribution >= 0.6 is 0 Å². The van der Waals surface area contributed by atoms with Gasteiger partial charge in [0.2, 0.25) is 0 Å². The molecule has 1 aliphatic heterocycles. The van der Waals surface area contributed by atoms with Crippen LogP contribution in [0.4, 0.5) is 30.4 Å². The Hall–Kier alpha value is -2.55. The van der Waals surface area contributed by atoms with Gasteiger partial charge in [0, 0.05) is 41.8 Å². The van der Waals surface area contributed by atoms with Crippen molar-refractivity contribution in [3.63, 3.8) is 0 Å². The molecule has 0 bridgehead atoms. The average Bonchev–Trinajstić information content (AvgIpc) is 3.17. The molecule has 1 fully saturated rings. The smallest absolute Gasteiger partial charge is 0.398 e. The van der Waals surface area contributed by atoms with Crippen LogP contribution in [-0.4, -0.2) is 36.1 Å². The third kappa shape index (κ3) is 3.59. The first kappa shape index (κ1) is 19.8. The fourth-order valence-corrected chi connectivity index (χ4v) is 4.32. The summed E-state index contributed by atoms with van der Waals surface area (Å²) in [5.74, 6) is 0.739. The van der Waals surface area contributed by atoms with Crippen molar-refractivity contribution in [1.82, 2.24) is 15.3 Å². The van der Waals surface area contributed by atoms with Crippen LogP contribution in [0.5, 0.6) is 0 Å². The van der Waals surface area contributed by atoms with E-state index in [1.165, 1.54) is 12.1 Å². The van der Waals surface area contributed by atoms with Gasteiger partial charge in [-0.1, -0.05) is 0 Å². The van der Waals surface area contributed by atoms with Crippen molar-refractivity contribution in [3.8, 4) is 11.4 Å². The van der Waals surface area contributed by atoms with Crippen molar-refractivity contribution in [3.05, 3.63) is 29.0 Å². The Morgan fingerprint density at radius 2 is 1.83 bits per heavy atom. The number of hydrogen-bond acceptors (Lipinski definition) is 6. The van der Waals surface area contributed by atoms with Gasteiger partial charge >= 0.3 is 6.18 Å². The fourth-order valence-electron chi connectivity index (χ4n) is 4.32.